The standard InChI is InChI=1S/C11H12Cl2N2O/c12-9(7-1-2-7)6-15-11(16)8-3-4-14-5-10(8)13/h3-5,7,9H,1-2,6H2,(H,15,16). The lowest BCUT2D eigenvalue weighted by molar-refractivity contribution is 0.0953. The lowest BCUT2D eigenvalue weighted by Gasteiger charge is -2.10. The largest absolute Gasteiger partial charge is 0.350 e. The Hall–Kier alpha value is -0.800. The molecule has 1 aliphatic rings. The minimum Gasteiger partial charge on any atom is -0.350 e. The van der Waals surface area contributed by atoms with Gasteiger partial charge in [0.15, 0.2) is 0 Å². The minimum atomic E-state index is -0.196. The van der Waals surface area contributed by atoms with Gasteiger partial charge in [0.1, 0.15) is 0 Å². The maximum Gasteiger partial charge on any atom is 0.252 e. The van der Waals surface area contributed by atoms with E-state index in [0.29, 0.717) is 23.0 Å². The molecule has 1 N–H and O–H groups in total. The van der Waals surface area contributed by atoms with Crippen LogP contribution in [0.5, 0.6) is 0 Å². The van der Waals surface area contributed by atoms with Gasteiger partial charge in [-0.25, -0.2) is 0 Å². The van der Waals surface area contributed by atoms with Gasteiger partial charge in [-0.2, -0.15) is 0 Å². The van der Waals surface area contributed by atoms with E-state index in [1.165, 1.54) is 19.0 Å². The second kappa shape index (κ2) is 5.02. The van der Waals surface area contributed by atoms with Gasteiger partial charge in [-0.05, 0) is 24.8 Å². The van der Waals surface area contributed by atoms with Crippen LogP contribution in [0, 0.1) is 5.92 Å². The Morgan fingerprint density at radius 1 is 1.62 bits per heavy atom. The van der Waals surface area contributed by atoms with E-state index in [9.17, 15) is 4.79 Å². The Morgan fingerprint density at radius 2 is 2.38 bits per heavy atom. The normalized spacial score (nSPS) is 16.9. The Balaban J connectivity index is 1.90. The zero-order chi connectivity index (χ0) is 11.5. The molecule has 0 saturated heterocycles. The summed E-state index contributed by atoms with van der Waals surface area (Å²) >= 11 is 11.9. The fourth-order valence-corrected chi connectivity index (χ4v) is 2.00. The third-order valence-electron chi connectivity index (χ3n) is 2.61. The van der Waals surface area contributed by atoms with Crippen LogP contribution in [0.3, 0.4) is 0 Å². The Bertz CT molecular complexity index is 393. The van der Waals surface area contributed by atoms with E-state index < -0.39 is 0 Å². The first-order chi connectivity index (χ1) is 7.68. The van der Waals surface area contributed by atoms with E-state index >= 15 is 0 Å². The van der Waals surface area contributed by atoms with Crippen LogP contribution in [-0.2, 0) is 0 Å². The summed E-state index contributed by atoms with van der Waals surface area (Å²) in [6.07, 6.45) is 5.33. The Kier molecular flexibility index (Phi) is 3.66. The molecule has 0 radical (unpaired) electrons. The first-order valence-corrected chi connectivity index (χ1v) is 6.01. The van der Waals surface area contributed by atoms with Crippen molar-refractivity contribution < 1.29 is 4.79 Å². The molecule has 0 aromatic carbocycles. The van der Waals surface area contributed by atoms with Crippen LogP contribution in [0.25, 0.3) is 0 Å². The van der Waals surface area contributed by atoms with E-state index in [1.54, 1.807) is 12.3 Å². The average molecular weight is 259 g/mol. The van der Waals surface area contributed by atoms with E-state index in [-0.39, 0.29) is 11.3 Å². The number of halogens is 2. The van der Waals surface area contributed by atoms with Crippen molar-refractivity contribution in [2.24, 2.45) is 5.92 Å². The van der Waals surface area contributed by atoms with Gasteiger partial charge in [0.05, 0.1) is 16.0 Å². The van der Waals surface area contributed by atoms with Gasteiger partial charge >= 0.3 is 0 Å². The smallest absolute Gasteiger partial charge is 0.252 e. The Morgan fingerprint density at radius 3 is 3.00 bits per heavy atom. The lowest BCUT2D eigenvalue weighted by atomic mass is 10.2. The van der Waals surface area contributed by atoms with E-state index in [1.807, 2.05) is 0 Å². The van der Waals surface area contributed by atoms with Crippen molar-refractivity contribution in [2.45, 2.75) is 18.2 Å². The molecule has 16 heavy (non-hydrogen) atoms. The summed E-state index contributed by atoms with van der Waals surface area (Å²) in [5, 5.41) is 3.17. The molecule has 86 valence electrons. The molecule has 5 heteroatoms. The summed E-state index contributed by atoms with van der Waals surface area (Å²) in [6, 6.07) is 1.60. The molecule has 1 heterocycles. The molecule has 0 spiro atoms. The molecule has 0 bridgehead atoms. The second-order valence-electron chi connectivity index (χ2n) is 3.92. The molecule has 1 aromatic heterocycles. The molecule has 1 fully saturated rings. The van der Waals surface area contributed by atoms with Gasteiger partial charge in [0.2, 0.25) is 0 Å². The number of hydrogen-bond donors (Lipinski definition) is 1. The van der Waals surface area contributed by atoms with Gasteiger partial charge in [-0.1, -0.05) is 11.6 Å². The highest BCUT2D eigenvalue weighted by atomic mass is 35.5. The first kappa shape index (κ1) is 11.7. The monoisotopic (exact) mass is 258 g/mol. The molecule has 1 amide bonds. The lowest BCUT2D eigenvalue weighted by Crippen LogP contribution is -2.30. The Labute approximate surface area is 104 Å². The highest BCUT2D eigenvalue weighted by Crippen LogP contribution is 2.35. The fraction of sp³-hybridized carbons (Fsp3) is 0.455. The number of carbonyl (C=O) groups is 1. The van der Waals surface area contributed by atoms with Crippen LogP contribution in [0.1, 0.15) is 23.2 Å². The van der Waals surface area contributed by atoms with Crippen molar-refractivity contribution in [1.29, 1.82) is 0 Å². The van der Waals surface area contributed by atoms with Crippen LogP contribution in [-0.4, -0.2) is 22.8 Å². The number of aromatic nitrogens is 1. The van der Waals surface area contributed by atoms with Gasteiger partial charge in [-0.15, -0.1) is 11.6 Å². The van der Waals surface area contributed by atoms with E-state index in [4.69, 9.17) is 23.2 Å². The predicted molar refractivity (Wildman–Crippen MR) is 63.9 cm³/mol. The molecule has 1 unspecified atom stereocenters. The van der Waals surface area contributed by atoms with Gasteiger partial charge in [0, 0.05) is 18.9 Å². The van der Waals surface area contributed by atoms with Crippen molar-refractivity contribution in [1.82, 2.24) is 10.3 Å². The van der Waals surface area contributed by atoms with Crippen molar-refractivity contribution in [3.8, 4) is 0 Å². The number of hydrogen-bond acceptors (Lipinski definition) is 2. The number of carbonyl (C=O) groups excluding carboxylic acids is 1. The SMILES string of the molecule is O=C(NCC(Cl)C1CC1)c1ccncc1Cl. The molecule has 2 rings (SSSR count). The zero-order valence-electron chi connectivity index (χ0n) is 8.62. The van der Waals surface area contributed by atoms with Crippen molar-refractivity contribution in [3.05, 3.63) is 29.0 Å². The van der Waals surface area contributed by atoms with Crippen LogP contribution in [0.2, 0.25) is 5.02 Å². The molecule has 3 nitrogen and oxygen atoms in total. The quantitative estimate of drug-likeness (QED) is 0.844. The van der Waals surface area contributed by atoms with E-state index in [2.05, 4.69) is 10.3 Å². The summed E-state index contributed by atoms with van der Waals surface area (Å²) < 4.78 is 0. The van der Waals surface area contributed by atoms with Crippen LogP contribution in [0.4, 0.5) is 0 Å². The number of nitrogens with zero attached hydrogens (tertiary/aromatic N) is 1. The third-order valence-corrected chi connectivity index (χ3v) is 3.42. The number of alkyl halides is 1. The average Bonchev–Trinajstić information content (AvgIpc) is 3.10. The van der Waals surface area contributed by atoms with Crippen molar-refractivity contribution >= 4 is 29.1 Å². The topological polar surface area (TPSA) is 42.0 Å². The van der Waals surface area contributed by atoms with Gasteiger partial charge in [0.25, 0.3) is 5.91 Å². The molecule has 1 aliphatic carbocycles. The maximum atomic E-state index is 11.7. The highest BCUT2D eigenvalue weighted by molar-refractivity contribution is 6.33. The summed E-state index contributed by atoms with van der Waals surface area (Å²) in [5.41, 5.74) is 0.441. The van der Waals surface area contributed by atoms with E-state index in [0.717, 1.165) is 0 Å². The highest BCUT2D eigenvalue weighted by Gasteiger charge is 2.29. The minimum absolute atomic E-state index is 0.0320. The summed E-state index contributed by atoms with van der Waals surface area (Å²) in [6.45, 7) is 0.490. The number of pyridine rings is 1. The fourth-order valence-electron chi connectivity index (χ4n) is 1.47. The van der Waals surface area contributed by atoms with Crippen LogP contribution < -0.4 is 5.32 Å². The number of nitrogens with one attached hydrogen (secondary N) is 1. The number of amides is 1. The van der Waals surface area contributed by atoms with Crippen LogP contribution in [0.15, 0.2) is 18.5 Å². The van der Waals surface area contributed by atoms with Crippen LogP contribution >= 0.6 is 23.2 Å². The zero-order valence-corrected chi connectivity index (χ0v) is 10.1. The molecular weight excluding hydrogens is 247 g/mol. The summed E-state index contributed by atoms with van der Waals surface area (Å²) in [7, 11) is 0. The predicted octanol–water partition coefficient (Wildman–Crippen LogP) is 2.48. The first-order valence-electron chi connectivity index (χ1n) is 5.20. The maximum absolute atomic E-state index is 11.7. The molecule has 1 atom stereocenters. The number of rotatable bonds is 4. The molecule has 1 saturated carbocycles. The summed E-state index contributed by atoms with van der Waals surface area (Å²) in [5.74, 6) is 0.369. The van der Waals surface area contributed by atoms with Gasteiger partial charge < -0.3 is 5.32 Å². The molecule has 0 aliphatic heterocycles. The summed E-state index contributed by atoms with van der Waals surface area (Å²) in [4.78, 5) is 15.6. The third kappa shape index (κ3) is 2.86. The van der Waals surface area contributed by atoms with Gasteiger partial charge in [-0.3, -0.25) is 9.78 Å². The molecule has 1 aromatic rings. The van der Waals surface area contributed by atoms with Crippen molar-refractivity contribution in [2.75, 3.05) is 6.54 Å². The second-order valence-corrected chi connectivity index (χ2v) is 4.89. The van der Waals surface area contributed by atoms with Crippen molar-refractivity contribution in [3.63, 3.8) is 0 Å². The molecular formula is C11H12Cl2N2O.